The first-order valence-electron chi connectivity index (χ1n) is 7.13. The molecule has 0 amide bonds. The zero-order valence-electron chi connectivity index (χ0n) is 12.9. The molecule has 0 aromatic heterocycles. The van der Waals surface area contributed by atoms with Crippen molar-refractivity contribution in [3.8, 4) is 0 Å². The highest BCUT2D eigenvalue weighted by molar-refractivity contribution is 7.52. The van der Waals surface area contributed by atoms with Crippen LogP contribution in [-0.4, -0.2) is 15.8 Å². The lowest BCUT2D eigenvalue weighted by molar-refractivity contribution is -0.138. The SMILES string of the molecule is O=C(/C=C/c1cccc(C(F)(F)P(=O)(O)O)c1)OCc1ccccc1. The van der Waals surface area contributed by atoms with E-state index in [9.17, 15) is 18.1 Å². The van der Waals surface area contributed by atoms with Gasteiger partial charge in [-0.05, 0) is 23.3 Å². The molecule has 0 spiro atoms. The first-order valence-corrected chi connectivity index (χ1v) is 8.74. The quantitative estimate of drug-likeness (QED) is 0.462. The van der Waals surface area contributed by atoms with E-state index in [1.807, 2.05) is 6.07 Å². The molecule has 25 heavy (non-hydrogen) atoms. The van der Waals surface area contributed by atoms with Gasteiger partial charge in [-0.15, -0.1) is 0 Å². The van der Waals surface area contributed by atoms with Gasteiger partial charge in [0.2, 0.25) is 0 Å². The molecule has 0 aliphatic heterocycles. The third-order valence-electron chi connectivity index (χ3n) is 3.24. The first kappa shape index (κ1) is 19.0. The molecule has 2 rings (SSSR count). The predicted molar refractivity (Wildman–Crippen MR) is 87.7 cm³/mol. The fourth-order valence-corrected chi connectivity index (χ4v) is 2.41. The zero-order chi connectivity index (χ0) is 18.5. The summed E-state index contributed by atoms with van der Waals surface area (Å²) in [7, 11) is -5.64. The van der Waals surface area contributed by atoms with Crippen LogP contribution in [0.25, 0.3) is 6.08 Å². The maximum absolute atomic E-state index is 13.7. The molecule has 0 aliphatic carbocycles. The summed E-state index contributed by atoms with van der Waals surface area (Å²) in [5, 5.41) is 0. The highest BCUT2D eigenvalue weighted by Gasteiger charge is 2.50. The smallest absolute Gasteiger partial charge is 0.399 e. The van der Waals surface area contributed by atoms with Crippen LogP contribution in [0.2, 0.25) is 0 Å². The lowest BCUT2D eigenvalue weighted by atomic mass is 10.1. The largest absolute Gasteiger partial charge is 0.458 e. The number of hydrogen-bond donors (Lipinski definition) is 2. The van der Waals surface area contributed by atoms with Crippen molar-refractivity contribution < 1.29 is 32.7 Å². The van der Waals surface area contributed by atoms with Gasteiger partial charge in [-0.1, -0.05) is 48.5 Å². The molecule has 0 aliphatic rings. The number of benzene rings is 2. The minimum Gasteiger partial charge on any atom is -0.458 e. The highest BCUT2D eigenvalue weighted by Crippen LogP contribution is 2.59. The number of ether oxygens (including phenoxy) is 1. The van der Waals surface area contributed by atoms with E-state index < -0.39 is 24.8 Å². The van der Waals surface area contributed by atoms with Crippen molar-refractivity contribution >= 4 is 19.6 Å². The summed E-state index contributed by atoms with van der Waals surface area (Å²) in [5.41, 5.74) is -4.15. The van der Waals surface area contributed by atoms with Crippen molar-refractivity contribution in [3.05, 3.63) is 77.4 Å². The summed E-state index contributed by atoms with van der Waals surface area (Å²) in [6.07, 6.45) is 2.28. The lowest BCUT2D eigenvalue weighted by Gasteiger charge is -2.18. The van der Waals surface area contributed by atoms with Crippen molar-refractivity contribution in [1.82, 2.24) is 0 Å². The van der Waals surface area contributed by atoms with Gasteiger partial charge in [0.25, 0.3) is 0 Å². The number of alkyl halides is 2. The fraction of sp³-hybridized carbons (Fsp3) is 0.118. The Morgan fingerprint density at radius 3 is 2.44 bits per heavy atom. The Morgan fingerprint density at radius 1 is 1.12 bits per heavy atom. The third kappa shape index (κ3) is 5.06. The molecule has 0 unspecified atom stereocenters. The van der Waals surface area contributed by atoms with Gasteiger partial charge in [0.1, 0.15) is 6.61 Å². The van der Waals surface area contributed by atoms with Crippen molar-refractivity contribution in [3.63, 3.8) is 0 Å². The standard InChI is InChI=1S/C17H15F2O5P/c18-17(19,25(21,22)23)15-8-4-7-13(11-15)9-10-16(20)24-12-14-5-2-1-3-6-14/h1-11H,12H2,(H2,21,22,23)/b10-9+. The Balaban J connectivity index is 2.05. The molecule has 0 heterocycles. The Kier molecular flexibility index (Phi) is 5.85. The summed E-state index contributed by atoms with van der Waals surface area (Å²) >= 11 is 0. The molecule has 0 bridgehead atoms. The van der Waals surface area contributed by atoms with E-state index in [1.54, 1.807) is 24.3 Å². The van der Waals surface area contributed by atoms with Crippen LogP contribution in [0.3, 0.4) is 0 Å². The molecule has 0 saturated carbocycles. The summed E-state index contributed by atoms with van der Waals surface area (Å²) in [5.74, 6) is -0.670. The van der Waals surface area contributed by atoms with Crippen LogP contribution in [0.5, 0.6) is 0 Å². The van der Waals surface area contributed by atoms with Crippen molar-refractivity contribution in [2.24, 2.45) is 0 Å². The van der Waals surface area contributed by atoms with E-state index in [4.69, 9.17) is 14.5 Å². The lowest BCUT2D eigenvalue weighted by Crippen LogP contribution is -2.13. The molecule has 2 N–H and O–H groups in total. The predicted octanol–water partition coefficient (Wildman–Crippen LogP) is 3.67. The van der Waals surface area contributed by atoms with Gasteiger partial charge in [0.15, 0.2) is 0 Å². The van der Waals surface area contributed by atoms with E-state index in [0.717, 1.165) is 23.8 Å². The molecular formula is C17H15F2O5P. The highest BCUT2D eigenvalue weighted by atomic mass is 31.2. The van der Waals surface area contributed by atoms with Crippen molar-refractivity contribution in [2.75, 3.05) is 0 Å². The van der Waals surface area contributed by atoms with E-state index in [0.29, 0.717) is 0 Å². The minimum absolute atomic E-state index is 0.0698. The molecule has 0 atom stereocenters. The number of hydrogen-bond acceptors (Lipinski definition) is 3. The minimum atomic E-state index is -5.64. The van der Waals surface area contributed by atoms with Crippen LogP contribution < -0.4 is 0 Å². The van der Waals surface area contributed by atoms with Gasteiger partial charge in [-0.25, -0.2) is 4.79 Å². The molecule has 0 fully saturated rings. The van der Waals surface area contributed by atoms with Crippen LogP contribution in [0, 0.1) is 0 Å². The number of halogens is 2. The van der Waals surface area contributed by atoms with Gasteiger partial charge in [-0.2, -0.15) is 8.78 Å². The first-order chi connectivity index (χ1) is 11.7. The van der Waals surface area contributed by atoms with Gasteiger partial charge in [0.05, 0.1) is 0 Å². The molecule has 0 radical (unpaired) electrons. The maximum Gasteiger partial charge on any atom is 0.399 e. The van der Waals surface area contributed by atoms with Crippen molar-refractivity contribution in [2.45, 2.75) is 12.3 Å². The fourth-order valence-electron chi connectivity index (χ4n) is 1.94. The average molecular weight is 368 g/mol. The Labute approximate surface area is 142 Å². The monoisotopic (exact) mass is 368 g/mol. The van der Waals surface area contributed by atoms with Gasteiger partial charge in [-0.3, -0.25) is 4.57 Å². The molecule has 0 saturated heterocycles. The summed E-state index contributed by atoms with van der Waals surface area (Å²) in [6, 6.07) is 13.4. The van der Waals surface area contributed by atoms with Crippen LogP contribution >= 0.6 is 7.60 Å². The maximum atomic E-state index is 13.7. The number of carbonyl (C=O) groups excluding carboxylic acids is 1. The second-order valence-corrected chi connectivity index (χ2v) is 6.79. The van der Waals surface area contributed by atoms with E-state index >= 15 is 0 Å². The van der Waals surface area contributed by atoms with E-state index in [-0.39, 0.29) is 12.2 Å². The topological polar surface area (TPSA) is 83.8 Å². The van der Waals surface area contributed by atoms with Gasteiger partial charge >= 0.3 is 19.2 Å². The zero-order valence-corrected chi connectivity index (χ0v) is 13.8. The number of carbonyl (C=O) groups is 1. The van der Waals surface area contributed by atoms with Crippen LogP contribution in [-0.2, 0) is 26.4 Å². The summed E-state index contributed by atoms with van der Waals surface area (Å²) in [4.78, 5) is 29.2. The molecular weight excluding hydrogens is 353 g/mol. The summed E-state index contributed by atoms with van der Waals surface area (Å²) < 4.78 is 43.2. The molecule has 2 aromatic rings. The van der Waals surface area contributed by atoms with Gasteiger partial charge in [0, 0.05) is 11.6 Å². The number of esters is 1. The Morgan fingerprint density at radius 2 is 1.80 bits per heavy atom. The van der Waals surface area contributed by atoms with Crippen LogP contribution in [0.15, 0.2) is 60.7 Å². The Bertz CT molecular complexity index is 815. The van der Waals surface area contributed by atoms with E-state index in [2.05, 4.69) is 0 Å². The van der Waals surface area contributed by atoms with Crippen LogP contribution in [0.1, 0.15) is 16.7 Å². The van der Waals surface area contributed by atoms with Gasteiger partial charge < -0.3 is 14.5 Å². The molecule has 5 nitrogen and oxygen atoms in total. The second-order valence-electron chi connectivity index (χ2n) is 5.14. The second kappa shape index (κ2) is 7.70. The molecule has 8 heteroatoms. The number of rotatable bonds is 6. The van der Waals surface area contributed by atoms with Crippen molar-refractivity contribution in [1.29, 1.82) is 0 Å². The third-order valence-corrected chi connectivity index (χ3v) is 4.23. The molecule has 2 aromatic carbocycles. The van der Waals surface area contributed by atoms with E-state index in [1.165, 1.54) is 18.2 Å². The summed E-state index contributed by atoms with van der Waals surface area (Å²) in [6.45, 7) is 0.0698. The Hall–Kier alpha value is -2.34. The van der Waals surface area contributed by atoms with Crippen LogP contribution in [0.4, 0.5) is 8.78 Å². The molecule has 132 valence electrons. The average Bonchev–Trinajstić information content (AvgIpc) is 2.58. The normalized spacial score (nSPS) is 12.3.